The summed E-state index contributed by atoms with van der Waals surface area (Å²) in [6, 6.07) is 0. The van der Waals surface area contributed by atoms with Crippen molar-refractivity contribution in [2.45, 2.75) is 51.2 Å². The molecule has 2 unspecified atom stereocenters. The summed E-state index contributed by atoms with van der Waals surface area (Å²) in [7, 11) is 0. The Morgan fingerprint density at radius 2 is 2.25 bits per heavy atom. The number of carbonyl (C=O) groups excluding carboxylic acids is 1. The van der Waals surface area contributed by atoms with Gasteiger partial charge >= 0.3 is 0 Å². The Bertz CT molecular complexity index is 264. The van der Waals surface area contributed by atoms with E-state index in [1.165, 1.54) is 19.3 Å². The van der Waals surface area contributed by atoms with Crippen molar-refractivity contribution < 1.29 is 9.53 Å². The van der Waals surface area contributed by atoms with Gasteiger partial charge in [-0.15, -0.1) is 0 Å². The average Bonchev–Trinajstić information content (AvgIpc) is 2.71. The first-order valence-corrected chi connectivity index (χ1v) is 6.26. The molecular weight excluding hydrogens is 204 g/mol. The van der Waals surface area contributed by atoms with E-state index in [0.717, 1.165) is 19.4 Å². The first-order chi connectivity index (χ1) is 7.63. The van der Waals surface area contributed by atoms with Gasteiger partial charge < -0.3 is 15.8 Å². The molecule has 0 aromatic heterocycles. The van der Waals surface area contributed by atoms with Crippen LogP contribution in [0.2, 0.25) is 0 Å². The van der Waals surface area contributed by atoms with Crippen LogP contribution in [0.25, 0.3) is 0 Å². The van der Waals surface area contributed by atoms with Crippen LogP contribution in [0.15, 0.2) is 0 Å². The molecule has 2 rings (SSSR count). The fourth-order valence-corrected chi connectivity index (χ4v) is 2.44. The third-order valence-electron chi connectivity index (χ3n) is 3.91. The minimum atomic E-state index is -0.266. The van der Waals surface area contributed by atoms with Crippen LogP contribution in [0.1, 0.15) is 39.0 Å². The Balaban J connectivity index is 1.72. The van der Waals surface area contributed by atoms with Crippen LogP contribution in [0.5, 0.6) is 0 Å². The van der Waals surface area contributed by atoms with Gasteiger partial charge in [0.2, 0.25) is 5.91 Å². The third-order valence-corrected chi connectivity index (χ3v) is 3.91. The second kappa shape index (κ2) is 4.72. The summed E-state index contributed by atoms with van der Waals surface area (Å²) >= 11 is 0. The lowest BCUT2D eigenvalue weighted by Gasteiger charge is -2.38. The standard InChI is InChI=1S/C12H22N2O2/c1-12(5-2-6-12)8-14-11(15)10-4-3-9(7-13)16-10/h9-10H,2-8,13H2,1H3,(H,14,15). The Hall–Kier alpha value is -0.610. The lowest BCUT2D eigenvalue weighted by atomic mass is 9.70. The van der Waals surface area contributed by atoms with Gasteiger partial charge in [-0.05, 0) is 31.1 Å². The summed E-state index contributed by atoms with van der Waals surface area (Å²) in [6.45, 7) is 3.54. The zero-order valence-corrected chi connectivity index (χ0v) is 10.00. The zero-order valence-electron chi connectivity index (χ0n) is 10.00. The van der Waals surface area contributed by atoms with E-state index < -0.39 is 0 Å². The summed E-state index contributed by atoms with van der Waals surface area (Å²) in [5, 5.41) is 3.01. The van der Waals surface area contributed by atoms with Gasteiger partial charge in [0.1, 0.15) is 6.10 Å². The van der Waals surface area contributed by atoms with Gasteiger partial charge in [0.05, 0.1) is 6.10 Å². The van der Waals surface area contributed by atoms with Crippen molar-refractivity contribution in [2.75, 3.05) is 13.1 Å². The highest BCUT2D eigenvalue weighted by molar-refractivity contribution is 5.81. The van der Waals surface area contributed by atoms with Crippen LogP contribution in [-0.4, -0.2) is 31.2 Å². The molecular formula is C12H22N2O2. The van der Waals surface area contributed by atoms with Crippen molar-refractivity contribution in [3.8, 4) is 0 Å². The maximum absolute atomic E-state index is 11.8. The van der Waals surface area contributed by atoms with Crippen molar-refractivity contribution in [3.05, 3.63) is 0 Å². The van der Waals surface area contributed by atoms with Crippen LogP contribution in [0.3, 0.4) is 0 Å². The van der Waals surface area contributed by atoms with Crippen molar-refractivity contribution in [1.29, 1.82) is 0 Å². The van der Waals surface area contributed by atoms with Crippen LogP contribution in [0, 0.1) is 5.41 Å². The Morgan fingerprint density at radius 1 is 1.50 bits per heavy atom. The fourth-order valence-electron chi connectivity index (χ4n) is 2.44. The van der Waals surface area contributed by atoms with E-state index in [0.29, 0.717) is 12.0 Å². The third kappa shape index (κ3) is 2.55. The highest BCUT2D eigenvalue weighted by Gasteiger charge is 2.34. The normalized spacial score (nSPS) is 32.1. The molecule has 2 fully saturated rings. The summed E-state index contributed by atoms with van der Waals surface area (Å²) in [5.41, 5.74) is 5.85. The van der Waals surface area contributed by atoms with Crippen molar-refractivity contribution in [1.82, 2.24) is 5.32 Å². The number of nitrogens with two attached hydrogens (primary N) is 1. The number of ether oxygens (including phenoxy) is 1. The monoisotopic (exact) mass is 226 g/mol. The van der Waals surface area contributed by atoms with Crippen LogP contribution in [-0.2, 0) is 9.53 Å². The molecule has 0 spiro atoms. The molecule has 4 heteroatoms. The number of carbonyl (C=O) groups is 1. The summed E-state index contributed by atoms with van der Waals surface area (Å²) in [4.78, 5) is 11.8. The van der Waals surface area contributed by atoms with Gasteiger partial charge in [-0.2, -0.15) is 0 Å². The fraction of sp³-hybridized carbons (Fsp3) is 0.917. The number of amides is 1. The topological polar surface area (TPSA) is 64.4 Å². The lowest BCUT2D eigenvalue weighted by molar-refractivity contribution is -0.132. The molecule has 1 aliphatic heterocycles. The molecule has 3 N–H and O–H groups in total. The quantitative estimate of drug-likeness (QED) is 0.745. The van der Waals surface area contributed by atoms with Gasteiger partial charge in [-0.25, -0.2) is 0 Å². The van der Waals surface area contributed by atoms with E-state index in [4.69, 9.17) is 10.5 Å². The molecule has 1 saturated heterocycles. The molecule has 2 aliphatic rings. The molecule has 16 heavy (non-hydrogen) atoms. The molecule has 0 radical (unpaired) electrons. The van der Waals surface area contributed by atoms with Crippen LogP contribution < -0.4 is 11.1 Å². The minimum absolute atomic E-state index is 0.0454. The molecule has 1 heterocycles. The molecule has 0 aromatic carbocycles. The first-order valence-electron chi connectivity index (χ1n) is 6.26. The zero-order chi connectivity index (χ0) is 11.6. The predicted molar refractivity (Wildman–Crippen MR) is 61.9 cm³/mol. The Labute approximate surface area is 96.9 Å². The van der Waals surface area contributed by atoms with Gasteiger partial charge in [0.15, 0.2) is 0 Å². The van der Waals surface area contributed by atoms with Crippen LogP contribution >= 0.6 is 0 Å². The Morgan fingerprint density at radius 3 is 2.75 bits per heavy atom. The molecule has 1 aliphatic carbocycles. The van der Waals surface area contributed by atoms with E-state index in [9.17, 15) is 4.79 Å². The maximum Gasteiger partial charge on any atom is 0.249 e. The summed E-state index contributed by atoms with van der Waals surface area (Å²) < 4.78 is 5.55. The van der Waals surface area contributed by atoms with Gasteiger partial charge in [0.25, 0.3) is 0 Å². The number of hydrogen-bond acceptors (Lipinski definition) is 3. The predicted octanol–water partition coefficient (Wildman–Crippen LogP) is 0.799. The molecule has 0 aromatic rings. The number of hydrogen-bond donors (Lipinski definition) is 2. The van der Waals surface area contributed by atoms with E-state index in [2.05, 4.69) is 12.2 Å². The van der Waals surface area contributed by atoms with E-state index in [1.54, 1.807) is 0 Å². The summed E-state index contributed by atoms with van der Waals surface area (Å²) in [6.07, 6.45) is 5.28. The first kappa shape index (κ1) is 11.9. The number of nitrogens with one attached hydrogen (secondary N) is 1. The molecule has 4 nitrogen and oxygen atoms in total. The molecule has 1 amide bonds. The highest BCUT2D eigenvalue weighted by Crippen LogP contribution is 2.39. The summed E-state index contributed by atoms with van der Waals surface area (Å²) in [5.74, 6) is 0.0454. The molecule has 2 atom stereocenters. The molecule has 92 valence electrons. The van der Waals surface area contributed by atoms with E-state index in [1.807, 2.05) is 0 Å². The van der Waals surface area contributed by atoms with Crippen molar-refractivity contribution >= 4 is 5.91 Å². The minimum Gasteiger partial charge on any atom is -0.364 e. The van der Waals surface area contributed by atoms with Crippen molar-refractivity contribution in [3.63, 3.8) is 0 Å². The second-order valence-electron chi connectivity index (χ2n) is 5.44. The van der Waals surface area contributed by atoms with Crippen molar-refractivity contribution in [2.24, 2.45) is 11.1 Å². The van der Waals surface area contributed by atoms with Gasteiger partial charge in [-0.1, -0.05) is 13.3 Å². The lowest BCUT2D eigenvalue weighted by Crippen LogP contribution is -2.43. The van der Waals surface area contributed by atoms with E-state index in [-0.39, 0.29) is 18.1 Å². The van der Waals surface area contributed by atoms with E-state index >= 15 is 0 Å². The highest BCUT2D eigenvalue weighted by atomic mass is 16.5. The smallest absolute Gasteiger partial charge is 0.249 e. The largest absolute Gasteiger partial charge is 0.364 e. The SMILES string of the molecule is CC1(CNC(=O)C2CCC(CN)O2)CCC1. The second-order valence-corrected chi connectivity index (χ2v) is 5.44. The maximum atomic E-state index is 11.8. The Kier molecular flexibility index (Phi) is 3.50. The molecule has 1 saturated carbocycles. The van der Waals surface area contributed by atoms with Gasteiger partial charge in [-0.3, -0.25) is 4.79 Å². The molecule has 0 bridgehead atoms. The number of rotatable bonds is 4. The van der Waals surface area contributed by atoms with Crippen LogP contribution in [0.4, 0.5) is 0 Å². The van der Waals surface area contributed by atoms with Gasteiger partial charge in [0, 0.05) is 13.1 Å². The average molecular weight is 226 g/mol.